The maximum absolute atomic E-state index is 12.6. The Balaban J connectivity index is 2.08. The van der Waals surface area contributed by atoms with Crippen molar-refractivity contribution in [3.63, 3.8) is 0 Å². The van der Waals surface area contributed by atoms with E-state index in [0.717, 1.165) is 0 Å². The number of anilines is 1. The van der Waals surface area contributed by atoms with Crippen molar-refractivity contribution in [1.82, 2.24) is 10.2 Å². The SMILES string of the molecule is Cc1[nH]nc2c1C(c1ccccc1OC(F)(F)F)CC(=O)N2. The third kappa shape index (κ3) is 2.63. The molecule has 3 rings (SSSR count). The van der Waals surface area contributed by atoms with Crippen LogP contribution in [-0.4, -0.2) is 22.5 Å². The minimum absolute atomic E-state index is 0.0333. The van der Waals surface area contributed by atoms with Crippen LogP contribution >= 0.6 is 0 Å². The number of alkyl halides is 3. The molecule has 8 heteroatoms. The molecule has 0 bridgehead atoms. The van der Waals surface area contributed by atoms with Gasteiger partial charge in [0.1, 0.15) is 5.75 Å². The van der Waals surface area contributed by atoms with Gasteiger partial charge in [-0.15, -0.1) is 13.2 Å². The molecule has 1 aliphatic heterocycles. The summed E-state index contributed by atoms with van der Waals surface area (Å²) in [5.41, 5.74) is 1.68. The number of ether oxygens (including phenoxy) is 1. The van der Waals surface area contributed by atoms with Crippen LogP contribution in [0.4, 0.5) is 19.0 Å². The van der Waals surface area contributed by atoms with Gasteiger partial charge in [0.2, 0.25) is 5.91 Å². The zero-order chi connectivity index (χ0) is 15.9. The molecule has 0 saturated heterocycles. The van der Waals surface area contributed by atoms with Gasteiger partial charge >= 0.3 is 6.36 Å². The number of benzene rings is 1. The third-order valence-corrected chi connectivity index (χ3v) is 3.51. The largest absolute Gasteiger partial charge is 0.573 e. The fraction of sp³-hybridized carbons (Fsp3) is 0.286. The summed E-state index contributed by atoms with van der Waals surface area (Å²) in [5.74, 6) is -0.798. The second-order valence-corrected chi connectivity index (χ2v) is 5.00. The monoisotopic (exact) mass is 311 g/mol. The van der Waals surface area contributed by atoms with Crippen LogP contribution < -0.4 is 10.1 Å². The lowest BCUT2D eigenvalue weighted by Crippen LogP contribution is -2.25. The molecule has 2 aromatic rings. The summed E-state index contributed by atoms with van der Waals surface area (Å²) in [6, 6.07) is 5.84. The molecule has 2 N–H and O–H groups in total. The average molecular weight is 311 g/mol. The van der Waals surface area contributed by atoms with Crippen LogP contribution in [0.25, 0.3) is 0 Å². The minimum Gasteiger partial charge on any atom is -0.405 e. The zero-order valence-corrected chi connectivity index (χ0v) is 11.5. The van der Waals surface area contributed by atoms with E-state index in [1.165, 1.54) is 18.2 Å². The lowest BCUT2D eigenvalue weighted by atomic mass is 9.85. The van der Waals surface area contributed by atoms with Crippen LogP contribution in [0.5, 0.6) is 5.75 Å². The molecule has 1 amide bonds. The van der Waals surface area contributed by atoms with E-state index >= 15 is 0 Å². The Bertz CT molecular complexity index is 724. The number of carbonyl (C=O) groups excluding carboxylic acids is 1. The molecule has 22 heavy (non-hydrogen) atoms. The predicted molar refractivity (Wildman–Crippen MR) is 71.5 cm³/mol. The number of halogens is 3. The van der Waals surface area contributed by atoms with E-state index in [2.05, 4.69) is 20.3 Å². The first-order valence-corrected chi connectivity index (χ1v) is 6.54. The molecule has 1 aromatic heterocycles. The molecule has 1 unspecified atom stereocenters. The summed E-state index contributed by atoms with van der Waals surface area (Å²) < 4.78 is 41.8. The molecule has 0 saturated carbocycles. The van der Waals surface area contributed by atoms with Gasteiger partial charge in [0.15, 0.2) is 5.82 Å². The molecule has 1 aliphatic rings. The number of fused-ring (bicyclic) bond motifs is 1. The fourth-order valence-electron chi connectivity index (χ4n) is 2.68. The summed E-state index contributed by atoms with van der Waals surface area (Å²) in [5, 5.41) is 9.31. The number of carbonyl (C=O) groups is 1. The lowest BCUT2D eigenvalue weighted by molar-refractivity contribution is -0.274. The van der Waals surface area contributed by atoms with Crippen LogP contribution in [-0.2, 0) is 4.79 Å². The number of amides is 1. The maximum atomic E-state index is 12.6. The molecule has 1 atom stereocenters. The third-order valence-electron chi connectivity index (χ3n) is 3.51. The second-order valence-electron chi connectivity index (χ2n) is 5.00. The Hall–Kier alpha value is -2.51. The molecule has 1 aromatic carbocycles. The lowest BCUT2D eigenvalue weighted by Gasteiger charge is -2.25. The van der Waals surface area contributed by atoms with E-state index in [9.17, 15) is 18.0 Å². The Morgan fingerprint density at radius 1 is 1.32 bits per heavy atom. The van der Waals surface area contributed by atoms with Crippen LogP contribution in [0.3, 0.4) is 0 Å². The molecule has 116 valence electrons. The van der Waals surface area contributed by atoms with Gasteiger partial charge in [-0.1, -0.05) is 18.2 Å². The molecule has 0 fully saturated rings. The van der Waals surface area contributed by atoms with E-state index < -0.39 is 12.3 Å². The zero-order valence-electron chi connectivity index (χ0n) is 11.5. The number of rotatable bonds is 2. The van der Waals surface area contributed by atoms with E-state index in [1.807, 2.05) is 0 Å². The number of hydrogen-bond donors (Lipinski definition) is 2. The fourth-order valence-corrected chi connectivity index (χ4v) is 2.68. The minimum atomic E-state index is -4.79. The molecule has 0 spiro atoms. The van der Waals surface area contributed by atoms with Gasteiger partial charge in [-0.05, 0) is 13.0 Å². The van der Waals surface area contributed by atoms with Crippen molar-refractivity contribution in [2.45, 2.75) is 25.6 Å². The molecule has 0 radical (unpaired) electrons. The quantitative estimate of drug-likeness (QED) is 0.895. The Kier molecular flexibility index (Phi) is 3.31. The molecular formula is C14H12F3N3O2. The summed E-state index contributed by atoms with van der Waals surface area (Å²) in [7, 11) is 0. The molecule has 0 aliphatic carbocycles. The molecule has 2 heterocycles. The van der Waals surface area contributed by atoms with Gasteiger partial charge in [-0.3, -0.25) is 9.89 Å². The van der Waals surface area contributed by atoms with Crippen molar-refractivity contribution in [1.29, 1.82) is 0 Å². The first-order valence-electron chi connectivity index (χ1n) is 6.54. The van der Waals surface area contributed by atoms with Crippen LogP contribution in [0.2, 0.25) is 0 Å². The van der Waals surface area contributed by atoms with Gasteiger partial charge in [0, 0.05) is 29.2 Å². The van der Waals surface area contributed by atoms with Crippen molar-refractivity contribution < 1.29 is 22.7 Å². The van der Waals surface area contributed by atoms with Gasteiger partial charge in [-0.2, -0.15) is 5.10 Å². The Labute approximate surface area is 123 Å². The second kappa shape index (κ2) is 5.04. The summed E-state index contributed by atoms with van der Waals surface area (Å²) in [6.07, 6.45) is -4.76. The van der Waals surface area contributed by atoms with Gasteiger partial charge in [0.25, 0.3) is 0 Å². The normalized spacial score (nSPS) is 17.8. The number of aromatic nitrogens is 2. The highest BCUT2D eigenvalue weighted by Gasteiger charge is 2.36. The Morgan fingerprint density at radius 2 is 2.05 bits per heavy atom. The standard InChI is InChI=1S/C14H12F3N3O2/c1-7-12-9(6-11(21)18-13(12)20-19-7)8-4-2-3-5-10(8)22-14(15,16)17/h2-5,9H,6H2,1H3,(H2,18,19,20,21). The number of aryl methyl sites for hydroxylation is 1. The number of H-pyrrole nitrogens is 1. The van der Waals surface area contributed by atoms with E-state index in [-0.39, 0.29) is 18.1 Å². The van der Waals surface area contributed by atoms with Crippen molar-refractivity contribution in [3.8, 4) is 5.75 Å². The average Bonchev–Trinajstić information content (AvgIpc) is 2.78. The van der Waals surface area contributed by atoms with Crippen molar-refractivity contribution in [2.24, 2.45) is 0 Å². The van der Waals surface area contributed by atoms with Crippen LogP contribution in [0.15, 0.2) is 24.3 Å². The highest BCUT2D eigenvalue weighted by molar-refractivity contribution is 5.94. The van der Waals surface area contributed by atoms with Crippen molar-refractivity contribution in [2.75, 3.05) is 5.32 Å². The van der Waals surface area contributed by atoms with Crippen molar-refractivity contribution in [3.05, 3.63) is 41.1 Å². The summed E-state index contributed by atoms with van der Waals surface area (Å²) in [6.45, 7) is 1.75. The predicted octanol–water partition coefficient (Wildman–Crippen LogP) is 3.09. The van der Waals surface area contributed by atoms with Gasteiger partial charge < -0.3 is 10.1 Å². The summed E-state index contributed by atoms with van der Waals surface area (Å²) in [4.78, 5) is 11.8. The number of hydrogen-bond acceptors (Lipinski definition) is 3. The maximum Gasteiger partial charge on any atom is 0.573 e. The number of aromatic amines is 1. The first-order chi connectivity index (χ1) is 10.3. The summed E-state index contributed by atoms with van der Waals surface area (Å²) >= 11 is 0. The van der Waals surface area contributed by atoms with Crippen LogP contribution in [0.1, 0.15) is 29.2 Å². The van der Waals surface area contributed by atoms with E-state index in [1.54, 1.807) is 13.0 Å². The van der Waals surface area contributed by atoms with E-state index in [0.29, 0.717) is 22.6 Å². The van der Waals surface area contributed by atoms with Gasteiger partial charge in [0.05, 0.1) is 0 Å². The highest BCUT2D eigenvalue weighted by Crippen LogP contribution is 2.42. The first kappa shape index (κ1) is 14.4. The molecule has 5 nitrogen and oxygen atoms in total. The highest BCUT2D eigenvalue weighted by atomic mass is 19.4. The van der Waals surface area contributed by atoms with Gasteiger partial charge in [-0.25, -0.2) is 0 Å². The van der Waals surface area contributed by atoms with Crippen molar-refractivity contribution >= 4 is 11.7 Å². The van der Waals surface area contributed by atoms with E-state index in [4.69, 9.17) is 0 Å². The topological polar surface area (TPSA) is 67.0 Å². The van der Waals surface area contributed by atoms with Crippen LogP contribution in [0, 0.1) is 6.92 Å². The number of para-hydroxylation sites is 1. The Morgan fingerprint density at radius 3 is 2.77 bits per heavy atom. The number of nitrogens with one attached hydrogen (secondary N) is 2. The molecular weight excluding hydrogens is 299 g/mol. The number of nitrogens with zero attached hydrogens (tertiary/aromatic N) is 1. The smallest absolute Gasteiger partial charge is 0.405 e.